The molecule has 1 aromatic rings. The van der Waals surface area contributed by atoms with E-state index < -0.39 is 0 Å². The average molecular weight is 392 g/mol. The van der Waals surface area contributed by atoms with Crippen LogP contribution in [0.5, 0.6) is 0 Å². The molecule has 0 saturated carbocycles. The van der Waals surface area contributed by atoms with Crippen LogP contribution in [0.4, 0.5) is 0 Å². The maximum absolute atomic E-state index is 12.3. The van der Waals surface area contributed by atoms with E-state index in [1.807, 2.05) is 12.1 Å². The lowest BCUT2D eigenvalue weighted by atomic mass is 9.97. The van der Waals surface area contributed by atoms with Crippen LogP contribution in [0, 0.1) is 0 Å². The van der Waals surface area contributed by atoms with E-state index >= 15 is 0 Å². The molecular formula is C20H28N2O6. The van der Waals surface area contributed by atoms with Gasteiger partial charge in [-0.25, -0.2) is 10.3 Å². The number of rotatable bonds is 8. The molecule has 2 aliphatic heterocycles. The topological polar surface area (TPSA) is 86.3 Å². The van der Waals surface area contributed by atoms with Gasteiger partial charge in [0.2, 0.25) is 5.91 Å². The van der Waals surface area contributed by atoms with Crippen LogP contribution in [-0.4, -0.2) is 63.1 Å². The van der Waals surface area contributed by atoms with Crippen molar-refractivity contribution in [3.05, 3.63) is 34.9 Å². The van der Waals surface area contributed by atoms with Crippen LogP contribution in [0.25, 0.3) is 0 Å². The highest BCUT2D eigenvalue weighted by atomic mass is 16.8. The lowest BCUT2D eigenvalue weighted by Crippen LogP contribution is -2.38. The molecule has 154 valence electrons. The van der Waals surface area contributed by atoms with Crippen molar-refractivity contribution in [2.75, 3.05) is 40.1 Å². The number of fused-ring (bicyclic) bond motifs is 1. The minimum Gasteiger partial charge on any atom is -0.382 e. The number of hydrogen-bond acceptors (Lipinski definition) is 6. The summed E-state index contributed by atoms with van der Waals surface area (Å²) in [6, 6.07) is 5.52. The SMILES string of the molecule is COCCOCC(=O)N1CCc2cc(C(=O)NOC3CCCCO3)ccc2C1. The van der Waals surface area contributed by atoms with Crippen molar-refractivity contribution in [2.24, 2.45) is 0 Å². The maximum atomic E-state index is 12.3. The van der Waals surface area contributed by atoms with E-state index in [4.69, 9.17) is 19.0 Å². The van der Waals surface area contributed by atoms with Crippen molar-refractivity contribution in [1.29, 1.82) is 0 Å². The number of methoxy groups -OCH3 is 1. The highest BCUT2D eigenvalue weighted by Crippen LogP contribution is 2.21. The molecule has 2 amide bonds. The number of amides is 2. The van der Waals surface area contributed by atoms with E-state index in [2.05, 4.69) is 5.48 Å². The highest BCUT2D eigenvalue weighted by molar-refractivity contribution is 5.93. The Balaban J connectivity index is 1.50. The smallest absolute Gasteiger partial charge is 0.274 e. The van der Waals surface area contributed by atoms with Gasteiger partial charge in [0.05, 0.1) is 13.2 Å². The standard InChI is InChI=1S/C20H28N2O6/c1-25-10-11-26-14-18(23)22-8-7-15-12-16(5-6-17(15)13-22)20(24)21-28-19-4-2-3-9-27-19/h5-6,12,19H,2-4,7-11,13-14H2,1H3,(H,21,24). The van der Waals surface area contributed by atoms with Gasteiger partial charge in [0.15, 0.2) is 6.29 Å². The molecule has 8 heteroatoms. The predicted octanol–water partition coefficient (Wildman–Crippen LogP) is 1.42. The fourth-order valence-corrected chi connectivity index (χ4v) is 3.28. The van der Waals surface area contributed by atoms with Gasteiger partial charge in [-0.3, -0.25) is 9.59 Å². The number of nitrogens with zero attached hydrogens (tertiary/aromatic N) is 1. The fourth-order valence-electron chi connectivity index (χ4n) is 3.28. The summed E-state index contributed by atoms with van der Waals surface area (Å²) in [4.78, 5) is 31.7. The Morgan fingerprint density at radius 1 is 1.25 bits per heavy atom. The summed E-state index contributed by atoms with van der Waals surface area (Å²) in [6.45, 7) is 2.72. The third kappa shape index (κ3) is 5.75. The first-order chi connectivity index (χ1) is 13.7. The van der Waals surface area contributed by atoms with Crippen LogP contribution in [-0.2, 0) is 36.8 Å². The number of hydrogen-bond donors (Lipinski definition) is 1. The second-order valence-electron chi connectivity index (χ2n) is 6.94. The van der Waals surface area contributed by atoms with Gasteiger partial charge in [-0.2, -0.15) is 0 Å². The quantitative estimate of drug-likeness (QED) is 0.532. The number of carbonyl (C=O) groups excluding carboxylic acids is 2. The van der Waals surface area contributed by atoms with Gasteiger partial charge in [-0.1, -0.05) is 6.07 Å². The van der Waals surface area contributed by atoms with Crippen LogP contribution in [0.2, 0.25) is 0 Å². The van der Waals surface area contributed by atoms with Gasteiger partial charge in [0.25, 0.3) is 5.91 Å². The minimum atomic E-state index is -0.374. The van der Waals surface area contributed by atoms with Gasteiger partial charge in [0, 0.05) is 38.8 Å². The molecule has 0 aromatic heterocycles. The molecule has 0 bridgehead atoms. The highest BCUT2D eigenvalue weighted by Gasteiger charge is 2.22. The van der Waals surface area contributed by atoms with Crippen molar-refractivity contribution in [3.63, 3.8) is 0 Å². The molecule has 1 saturated heterocycles. The van der Waals surface area contributed by atoms with Crippen LogP contribution in [0.1, 0.15) is 40.7 Å². The zero-order valence-corrected chi connectivity index (χ0v) is 16.3. The minimum absolute atomic E-state index is 0.0375. The molecule has 1 atom stereocenters. The lowest BCUT2D eigenvalue weighted by Gasteiger charge is -2.29. The molecular weight excluding hydrogens is 364 g/mol. The first-order valence-electron chi connectivity index (χ1n) is 9.71. The van der Waals surface area contributed by atoms with Crippen molar-refractivity contribution < 1.29 is 28.6 Å². The molecule has 0 spiro atoms. The zero-order chi connectivity index (χ0) is 19.8. The van der Waals surface area contributed by atoms with Crippen LogP contribution in [0.15, 0.2) is 18.2 Å². The monoisotopic (exact) mass is 392 g/mol. The molecule has 0 aliphatic carbocycles. The van der Waals surface area contributed by atoms with E-state index in [-0.39, 0.29) is 24.7 Å². The molecule has 1 fully saturated rings. The average Bonchev–Trinajstić information content (AvgIpc) is 2.75. The molecule has 1 unspecified atom stereocenters. The van der Waals surface area contributed by atoms with Gasteiger partial charge in [0.1, 0.15) is 6.61 Å². The first-order valence-corrected chi connectivity index (χ1v) is 9.71. The van der Waals surface area contributed by atoms with Crippen LogP contribution < -0.4 is 5.48 Å². The van der Waals surface area contributed by atoms with Crippen molar-refractivity contribution in [1.82, 2.24) is 10.4 Å². The fraction of sp³-hybridized carbons (Fsp3) is 0.600. The second-order valence-corrected chi connectivity index (χ2v) is 6.94. The molecule has 2 aliphatic rings. The van der Waals surface area contributed by atoms with E-state index in [1.54, 1.807) is 18.1 Å². The van der Waals surface area contributed by atoms with Crippen molar-refractivity contribution >= 4 is 11.8 Å². The van der Waals surface area contributed by atoms with Gasteiger partial charge < -0.3 is 19.1 Å². The van der Waals surface area contributed by atoms with Crippen molar-refractivity contribution in [2.45, 2.75) is 38.5 Å². The Labute approximate surface area is 165 Å². The van der Waals surface area contributed by atoms with Gasteiger partial charge >= 0.3 is 0 Å². The number of nitrogens with one attached hydrogen (secondary N) is 1. The number of benzene rings is 1. The first kappa shape index (κ1) is 20.7. The Hall–Kier alpha value is -2.00. The molecule has 1 N–H and O–H groups in total. The molecule has 2 heterocycles. The van der Waals surface area contributed by atoms with Gasteiger partial charge in [-0.05, 0) is 42.5 Å². The number of ether oxygens (including phenoxy) is 3. The van der Waals surface area contributed by atoms with E-state index in [0.717, 1.165) is 30.4 Å². The molecule has 28 heavy (non-hydrogen) atoms. The summed E-state index contributed by atoms with van der Waals surface area (Å²) in [6.07, 6.45) is 3.17. The van der Waals surface area contributed by atoms with Crippen molar-refractivity contribution in [3.8, 4) is 0 Å². The summed E-state index contributed by atoms with van der Waals surface area (Å²) in [5.74, 6) is -0.327. The number of hydroxylamine groups is 1. The summed E-state index contributed by atoms with van der Waals surface area (Å²) < 4.78 is 15.6. The summed E-state index contributed by atoms with van der Waals surface area (Å²) in [5, 5.41) is 0. The summed E-state index contributed by atoms with van der Waals surface area (Å²) in [7, 11) is 1.59. The maximum Gasteiger partial charge on any atom is 0.274 e. The third-order valence-electron chi connectivity index (χ3n) is 4.91. The Bertz CT molecular complexity index is 675. The molecule has 3 rings (SSSR count). The van der Waals surface area contributed by atoms with E-state index in [1.165, 1.54) is 0 Å². The Morgan fingerprint density at radius 2 is 2.14 bits per heavy atom. The molecule has 1 aromatic carbocycles. The summed E-state index contributed by atoms with van der Waals surface area (Å²) >= 11 is 0. The number of carbonyl (C=O) groups is 2. The molecule has 8 nitrogen and oxygen atoms in total. The zero-order valence-electron chi connectivity index (χ0n) is 16.3. The van der Waals surface area contributed by atoms with Gasteiger partial charge in [-0.15, -0.1) is 0 Å². The Kier molecular flexibility index (Phi) is 7.79. The predicted molar refractivity (Wildman–Crippen MR) is 100 cm³/mol. The lowest BCUT2D eigenvalue weighted by molar-refractivity contribution is -0.186. The Morgan fingerprint density at radius 3 is 2.93 bits per heavy atom. The second kappa shape index (κ2) is 10.5. The van der Waals surface area contributed by atoms with Crippen LogP contribution >= 0.6 is 0 Å². The van der Waals surface area contributed by atoms with Crippen LogP contribution in [0.3, 0.4) is 0 Å². The summed E-state index contributed by atoms with van der Waals surface area (Å²) in [5.41, 5.74) is 5.14. The normalized spacial score (nSPS) is 19.2. The van der Waals surface area contributed by atoms with E-state index in [0.29, 0.717) is 44.9 Å². The third-order valence-corrected chi connectivity index (χ3v) is 4.91. The largest absolute Gasteiger partial charge is 0.382 e. The van der Waals surface area contributed by atoms with E-state index in [9.17, 15) is 9.59 Å². The molecule has 0 radical (unpaired) electrons.